The van der Waals surface area contributed by atoms with Crippen molar-refractivity contribution in [3.8, 4) is 11.5 Å². The number of non-ortho nitro benzene ring substituents is 1. The molecular formula is C18H15N3O6. The van der Waals surface area contributed by atoms with Crippen LogP contribution < -0.4 is 0 Å². The van der Waals surface area contributed by atoms with Crippen LogP contribution in [0.25, 0.3) is 11.5 Å². The number of esters is 1. The Morgan fingerprint density at radius 1 is 1.15 bits per heavy atom. The summed E-state index contributed by atoms with van der Waals surface area (Å²) in [6, 6.07) is 12.6. The van der Waals surface area contributed by atoms with E-state index in [9.17, 15) is 14.9 Å². The summed E-state index contributed by atoms with van der Waals surface area (Å²) in [4.78, 5) is 22.3. The summed E-state index contributed by atoms with van der Waals surface area (Å²) in [5, 5.41) is 18.3. The van der Waals surface area contributed by atoms with E-state index in [1.807, 2.05) is 6.07 Å². The van der Waals surface area contributed by atoms with Gasteiger partial charge in [0, 0.05) is 24.8 Å². The second kappa shape index (κ2) is 8.19. The van der Waals surface area contributed by atoms with E-state index >= 15 is 0 Å². The molecule has 0 aliphatic heterocycles. The highest BCUT2D eigenvalue weighted by Crippen LogP contribution is 2.21. The van der Waals surface area contributed by atoms with Crippen molar-refractivity contribution in [2.45, 2.75) is 13.2 Å². The van der Waals surface area contributed by atoms with E-state index in [0.29, 0.717) is 17.7 Å². The number of nitrogens with zero attached hydrogens (tertiary/aromatic N) is 3. The molecule has 0 radical (unpaired) electrons. The fourth-order valence-corrected chi connectivity index (χ4v) is 2.32. The molecule has 0 aliphatic rings. The molecule has 2 aromatic carbocycles. The van der Waals surface area contributed by atoms with Crippen molar-refractivity contribution in [1.29, 1.82) is 0 Å². The van der Waals surface area contributed by atoms with E-state index in [4.69, 9.17) is 13.9 Å². The van der Waals surface area contributed by atoms with Crippen molar-refractivity contribution in [3.05, 3.63) is 75.7 Å². The van der Waals surface area contributed by atoms with Crippen molar-refractivity contribution in [2.75, 3.05) is 7.11 Å². The molecule has 0 saturated heterocycles. The Morgan fingerprint density at radius 3 is 2.63 bits per heavy atom. The number of nitro groups is 1. The van der Waals surface area contributed by atoms with Crippen molar-refractivity contribution in [1.82, 2.24) is 10.2 Å². The minimum absolute atomic E-state index is 0.0388. The van der Waals surface area contributed by atoms with Gasteiger partial charge < -0.3 is 13.9 Å². The first-order valence-electron chi connectivity index (χ1n) is 7.89. The molecule has 3 aromatic rings. The van der Waals surface area contributed by atoms with Crippen LogP contribution in [0.15, 0.2) is 52.9 Å². The van der Waals surface area contributed by atoms with Gasteiger partial charge in [-0.15, -0.1) is 10.2 Å². The molecule has 9 nitrogen and oxygen atoms in total. The Balaban J connectivity index is 1.63. The van der Waals surface area contributed by atoms with Gasteiger partial charge in [-0.2, -0.15) is 0 Å². The van der Waals surface area contributed by atoms with Crippen LogP contribution >= 0.6 is 0 Å². The maximum absolute atomic E-state index is 12.1. The monoisotopic (exact) mass is 369 g/mol. The quantitative estimate of drug-likeness (QED) is 0.354. The zero-order valence-electron chi connectivity index (χ0n) is 14.3. The average Bonchev–Trinajstić information content (AvgIpc) is 3.16. The number of carbonyl (C=O) groups is 1. The molecule has 0 aliphatic carbocycles. The Morgan fingerprint density at radius 2 is 1.93 bits per heavy atom. The summed E-state index contributed by atoms with van der Waals surface area (Å²) in [6.07, 6.45) is 0. The van der Waals surface area contributed by atoms with Gasteiger partial charge in [0.1, 0.15) is 0 Å². The molecule has 0 bridgehead atoms. The number of nitro benzene ring substituents is 1. The van der Waals surface area contributed by atoms with E-state index in [1.54, 1.807) is 25.3 Å². The van der Waals surface area contributed by atoms with Gasteiger partial charge in [-0.25, -0.2) is 4.79 Å². The van der Waals surface area contributed by atoms with E-state index < -0.39 is 10.9 Å². The van der Waals surface area contributed by atoms with Crippen LogP contribution in [0.5, 0.6) is 0 Å². The van der Waals surface area contributed by atoms with Crippen LogP contribution in [-0.4, -0.2) is 28.2 Å². The van der Waals surface area contributed by atoms with Gasteiger partial charge in [0.25, 0.3) is 11.6 Å². The molecule has 27 heavy (non-hydrogen) atoms. The first-order valence-corrected chi connectivity index (χ1v) is 7.89. The van der Waals surface area contributed by atoms with Crippen LogP contribution in [0.3, 0.4) is 0 Å². The molecule has 0 atom stereocenters. The highest BCUT2D eigenvalue weighted by atomic mass is 16.6. The molecule has 0 saturated carbocycles. The third-order valence-corrected chi connectivity index (χ3v) is 3.59. The minimum atomic E-state index is -0.525. The van der Waals surface area contributed by atoms with Gasteiger partial charge in [0.05, 0.1) is 17.1 Å². The van der Waals surface area contributed by atoms with Gasteiger partial charge in [-0.3, -0.25) is 10.1 Å². The van der Waals surface area contributed by atoms with Crippen LogP contribution in [0.2, 0.25) is 0 Å². The van der Waals surface area contributed by atoms with E-state index in [-0.39, 0.29) is 24.1 Å². The van der Waals surface area contributed by atoms with Crippen molar-refractivity contribution in [2.24, 2.45) is 0 Å². The van der Waals surface area contributed by atoms with Gasteiger partial charge in [-0.05, 0) is 29.8 Å². The van der Waals surface area contributed by atoms with Crippen LogP contribution in [0, 0.1) is 10.1 Å². The van der Waals surface area contributed by atoms with Crippen molar-refractivity contribution < 1.29 is 23.6 Å². The lowest BCUT2D eigenvalue weighted by Gasteiger charge is -2.04. The van der Waals surface area contributed by atoms with E-state index in [1.165, 1.54) is 24.3 Å². The highest BCUT2D eigenvalue weighted by molar-refractivity contribution is 5.89. The lowest BCUT2D eigenvalue weighted by molar-refractivity contribution is -0.384. The molecule has 0 amide bonds. The second-order valence-electron chi connectivity index (χ2n) is 5.51. The fraction of sp³-hybridized carbons (Fsp3) is 0.167. The maximum atomic E-state index is 12.1. The van der Waals surface area contributed by atoms with Gasteiger partial charge in [0.2, 0.25) is 5.89 Å². The lowest BCUT2D eigenvalue weighted by Crippen LogP contribution is -2.06. The first kappa shape index (κ1) is 18.2. The molecule has 0 spiro atoms. The number of hydrogen-bond donors (Lipinski definition) is 0. The second-order valence-corrected chi connectivity index (χ2v) is 5.51. The lowest BCUT2D eigenvalue weighted by atomic mass is 10.1. The van der Waals surface area contributed by atoms with Gasteiger partial charge in [-0.1, -0.05) is 12.1 Å². The van der Waals surface area contributed by atoms with Gasteiger partial charge >= 0.3 is 5.97 Å². The number of methoxy groups -OCH3 is 1. The third-order valence-electron chi connectivity index (χ3n) is 3.59. The normalized spacial score (nSPS) is 10.6. The maximum Gasteiger partial charge on any atom is 0.338 e. The van der Waals surface area contributed by atoms with Crippen LogP contribution in [0.1, 0.15) is 21.8 Å². The third kappa shape index (κ3) is 4.53. The van der Waals surface area contributed by atoms with Crippen LogP contribution in [-0.2, 0) is 22.7 Å². The highest BCUT2D eigenvalue weighted by Gasteiger charge is 2.14. The number of ether oxygens (including phenoxy) is 2. The summed E-state index contributed by atoms with van der Waals surface area (Å²) in [5.41, 5.74) is 1.73. The molecule has 0 N–H and O–H groups in total. The molecule has 9 heteroatoms. The van der Waals surface area contributed by atoms with Crippen molar-refractivity contribution in [3.63, 3.8) is 0 Å². The number of aromatic nitrogens is 2. The molecule has 1 aromatic heterocycles. The summed E-state index contributed by atoms with van der Waals surface area (Å²) < 4.78 is 15.6. The standard InChI is InChI=1S/C18H15N3O6/c1-25-10-12-3-2-4-14(9-12)18(22)26-11-16-19-20-17(27-16)13-5-7-15(8-6-13)21(23)24/h2-9H,10-11H2,1H3. The summed E-state index contributed by atoms with van der Waals surface area (Å²) >= 11 is 0. The molecular weight excluding hydrogens is 354 g/mol. The number of carbonyl (C=O) groups excluding carboxylic acids is 1. The Kier molecular flexibility index (Phi) is 5.53. The Hall–Kier alpha value is -3.59. The topological polar surface area (TPSA) is 118 Å². The zero-order valence-corrected chi connectivity index (χ0v) is 14.3. The largest absolute Gasteiger partial charge is 0.452 e. The SMILES string of the molecule is COCc1cccc(C(=O)OCc2nnc(-c3ccc([N+](=O)[O-])cc3)o2)c1. The molecule has 3 rings (SSSR count). The van der Waals surface area contributed by atoms with E-state index in [2.05, 4.69) is 10.2 Å². The Bertz CT molecular complexity index is 952. The number of hydrogen-bond acceptors (Lipinski definition) is 8. The Labute approximate surface area is 153 Å². The first-order chi connectivity index (χ1) is 13.1. The summed E-state index contributed by atoms with van der Waals surface area (Å²) in [5.74, 6) is -0.231. The number of rotatable bonds is 7. The van der Waals surface area contributed by atoms with E-state index in [0.717, 1.165) is 5.56 Å². The predicted molar refractivity (Wildman–Crippen MR) is 92.7 cm³/mol. The van der Waals surface area contributed by atoms with Crippen molar-refractivity contribution >= 4 is 11.7 Å². The smallest absolute Gasteiger partial charge is 0.338 e. The molecule has 0 unspecified atom stereocenters. The minimum Gasteiger partial charge on any atom is -0.452 e. The summed E-state index contributed by atoms with van der Waals surface area (Å²) in [6.45, 7) is 0.205. The molecule has 0 fully saturated rings. The van der Waals surface area contributed by atoms with Crippen LogP contribution in [0.4, 0.5) is 5.69 Å². The zero-order chi connectivity index (χ0) is 19.2. The summed E-state index contributed by atoms with van der Waals surface area (Å²) in [7, 11) is 1.57. The fourth-order valence-electron chi connectivity index (χ4n) is 2.32. The van der Waals surface area contributed by atoms with Gasteiger partial charge in [0.15, 0.2) is 6.61 Å². The molecule has 1 heterocycles. The molecule has 138 valence electrons. The average molecular weight is 369 g/mol. The number of benzene rings is 2. The predicted octanol–water partition coefficient (Wildman–Crippen LogP) is 3.15.